The molecular weight excluding hydrogens is 618 g/mol. The molecule has 0 spiro atoms. The molecule has 0 saturated heterocycles. The van der Waals surface area contributed by atoms with Crippen LogP contribution in [0, 0.1) is 0 Å². The fourth-order valence-electron chi connectivity index (χ4n) is 4.76. The van der Waals surface area contributed by atoms with Gasteiger partial charge in [-0.3, -0.25) is 19.4 Å². The van der Waals surface area contributed by atoms with Crippen LogP contribution in [0.3, 0.4) is 0 Å². The number of aromatic nitrogens is 3. The van der Waals surface area contributed by atoms with Gasteiger partial charge in [0.25, 0.3) is 11.5 Å². The average Bonchev–Trinajstić information content (AvgIpc) is 3.25. The maximum atomic E-state index is 12.9. The van der Waals surface area contributed by atoms with Gasteiger partial charge in [-0.25, -0.2) is 4.79 Å². The summed E-state index contributed by atoms with van der Waals surface area (Å²) in [4.78, 5) is 57.1. The van der Waals surface area contributed by atoms with Crippen molar-refractivity contribution in [2.45, 2.75) is 52.1 Å². The number of carbonyl (C=O) groups excluding carboxylic acids is 3. The van der Waals surface area contributed by atoms with E-state index in [-0.39, 0.29) is 37.6 Å². The normalized spacial score (nSPS) is 11.7. The van der Waals surface area contributed by atoms with Gasteiger partial charge in [-0.2, -0.15) is 4.98 Å². The topological polar surface area (TPSA) is 158 Å². The second kappa shape index (κ2) is 14.6. The Morgan fingerprint density at radius 2 is 1.70 bits per heavy atom. The third-order valence-corrected chi connectivity index (χ3v) is 7.75. The molecule has 43 heavy (non-hydrogen) atoms. The summed E-state index contributed by atoms with van der Waals surface area (Å²) in [6.07, 6.45) is 1.14. The molecule has 1 atom stereocenters. The number of hydrogen-bond acceptors (Lipinski definition) is 8. The lowest BCUT2D eigenvalue weighted by Crippen LogP contribution is -2.42. The average molecular weight is 653 g/mol. The number of nitrogen functional groups attached to an aromatic ring is 1. The third-order valence-electron chi connectivity index (χ3n) is 6.84. The van der Waals surface area contributed by atoms with Gasteiger partial charge in [-0.15, -0.1) is 0 Å². The van der Waals surface area contributed by atoms with Gasteiger partial charge in [-0.05, 0) is 77.9 Å². The zero-order chi connectivity index (χ0) is 30.9. The number of anilines is 1. The molecule has 0 bridgehead atoms. The molecule has 1 amide bonds. The highest BCUT2D eigenvalue weighted by Crippen LogP contribution is 2.30. The second-order valence-corrected chi connectivity index (χ2v) is 10.6. The highest BCUT2D eigenvalue weighted by atomic mass is 79.9. The maximum Gasteiger partial charge on any atom is 0.328 e. The van der Waals surface area contributed by atoms with Crippen molar-refractivity contribution < 1.29 is 23.9 Å². The Bertz CT molecular complexity index is 1650. The SMILES string of the molecule is CCOC(=O)CC[C@H](NC(=O)c1ccc(CCc2c(Br)n(Cc3ccccc3)c3nc(N)[nH]c(=O)c23)cc1)C(=O)OCC. The lowest BCUT2D eigenvalue weighted by Gasteiger charge is -2.17. The van der Waals surface area contributed by atoms with Crippen LogP contribution in [0.4, 0.5) is 5.95 Å². The number of nitrogens with two attached hydrogens (primary N) is 1. The van der Waals surface area contributed by atoms with E-state index in [0.29, 0.717) is 36.0 Å². The van der Waals surface area contributed by atoms with E-state index in [4.69, 9.17) is 15.2 Å². The van der Waals surface area contributed by atoms with Crippen molar-refractivity contribution in [1.29, 1.82) is 0 Å². The minimum absolute atomic E-state index is 0.0290. The first-order valence-corrected chi connectivity index (χ1v) is 14.8. The van der Waals surface area contributed by atoms with Crippen LogP contribution in [-0.2, 0) is 38.4 Å². The number of rotatable bonds is 13. The molecule has 226 valence electrons. The third kappa shape index (κ3) is 7.89. The van der Waals surface area contributed by atoms with Crippen LogP contribution < -0.4 is 16.6 Å². The van der Waals surface area contributed by atoms with Crippen LogP contribution in [0.25, 0.3) is 11.0 Å². The van der Waals surface area contributed by atoms with E-state index in [1.807, 2.05) is 47.0 Å². The summed E-state index contributed by atoms with van der Waals surface area (Å²) in [7, 11) is 0. The maximum absolute atomic E-state index is 12.9. The largest absolute Gasteiger partial charge is 0.466 e. The van der Waals surface area contributed by atoms with Crippen LogP contribution in [0.1, 0.15) is 53.7 Å². The Morgan fingerprint density at radius 3 is 2.37 bits per heavy atom. The predicted molar refractivity (Wildman–Crippen MR) is 166 cm³/mol. The van der Waals surface area contributed by atoms with Crippen LogP contribution in [0.2, 0.25) is 0 Å². The van der Waals surface area contributed by atoms with E-state index in [2.05, 4.69) is 31.2 Å². The first-order chi connectivity index (χ1) is 20.7. The molecule has 0 unspecified atom stereocenters. The monoisotopic (exact) mass is 651 g/mol. The minimum atomic E-state index is -0.983. The molecule has 4 aromatic rings. The summed E-state index contributed by atoms with van der Waals surface area (Å²) in [6.45, 7) is 4.25. The smallest absolute Gasteiger partial charge is 0.328 e. The molecule has 0 saturated carbocycles. The molecule has 0 aliphatic rings. The van der Waals surface area contributed by atoms with E-state index >= 15 is 0 Å². The number of hydrogen-bond donors (Lipinski definition) is 3. The molecule has 0 radical (unpaired) electrons. The number of fused-ring (bicyclic) bond motifs is 1. The first-order valence-electron chi connectivity index (χ1n) is 14.0. The summed E-state index contributed by atoms with van der Waals surface area (Å²) in [5.41, 5.74) is 9.22. The molecule has 11 nitrogen and oxygen atoms in total. The zero-order valence-electron chi connectivity index (χ0n) is 24.0. The lowest BCUT2D eigenvalue weighted by molar-refractivity contribution is -0.146. The van der Waals surface area contributed by atoms with Gasteiger partial charge in [-0.1, -0.05) is 42.5 Å². The number of nitrogens with zero attached hydrogens (tertiary/aromatic N) is 2. The van der Waals surface area contributed by atoms with Gasteiger partial charge in [0, 0.05) is 12.0 Å². The molecule has 2 aromatic carbocycles. The Labute approximate surface area is 256 Å². The number of aromatic amines is 1. The van der Waals surface area contributed by atoms with E-state index < -0.39 is 23.9 Å². The fraction of sp³-hybridized carbons (Fsp3) is 0.323. The van der Waals surface area contributed by atoms with Crippen molar-refractivity contribution in [3.8, 4) is 0 Å². The van der Waals surface area contributed by atoms with Crippen molar-refractivity contribution in [2.75, 3.05) is 18.9 Å². The van der Waals surface area contributed by atoms with Crippen LogP contribution >= 0.6 is 15.9 Å². The quantitative estimate of drug-likeness (QED) is 0.184. The number of aryl methyl sites for hydroxylation is 2. The number of halogens is 1. The van der Waals surface area contributed by atoms with Gasteiger partial charge in [0.05, 0.1) is 29.7 Å². The molecule has 2 aromatic heterocycles. The van der Waals surface area contributed by atoms with Crippen molar-refractivity contribution in [3.63, 3.8) is 0 Å². The zero-order valence-corrected chi connectivity index (χ0v) is 25.6. The van der Waals surface area contributed by atoms with Crippen molar-refractivity contribution >= 4 is 50.8 Å². The minimum Gasteiger partial charge on any atom is -0.466 e. The number of ether oxygens (including phenoxy) is 2. The summed E-state index contributed by atoms with van der Waals surface area (Å²) < 4.78 is 12.7. The predicted octanol–water partition coefficient (Wildman–Crippen LogP) is 3.91. The van der Waals surface area contributed by atoms with Crippen molar-refractivity contribution in [1.82, 2.24) is 19.9 Å². The molecule has 0 aliphatic carbocycles. The summed E-state index contributed by atoms with van der Waals surface area (Å²) in [5.74, 6) is -1.48. The van der Waals surface area contributed by atoms with Gasteiger partial charge in [0.1, 0.15) is 6.04 Å². The van der Waals surface area contributed by atoms with E-state index in [9.17, 15) is 19.2 Å². The molecule has 12 heteroatoms. The molecule has 0 aliphatic heterocycles. The number of benzene rings is 2. The van der Waals surface area contributed by atoms with Gasteiger partial charge >= 0.3 is 11.9 Å². The molecule has 4 N–H and O–H groups in total. The molecule has 2 heterocycles. The first kappa shape index (κ1) is 31.5. The van der Waals surface area contributed by atoms with Crippen LogP contribution in [0.5, 0.6) is 0 Å². The van der Waals surface area contributed by atoms with Crippen LogP contribution in [-0.4, -0.2) is 51.6 Å². The van der Waals surface area contributed by atoms with Crippen molar-refractivity contribution in [3.05, 3.63) is 91.8 Å². The summed E-state index contributed by atoms with van der Waals surface area (Å²) >= 11 is 3.70. The van der Waals surface area contributed by atoms with Gasteiger partial charge < -0.3 is 25.1 Å². The van der Waals surface area contributed by atoms with Gasteiger partial charge in [0.15, 0.2) is 5.65 Å². The Hall–Kier alpha value is -4.45. The van der Waals surface area contributed by atoms with E-state index in [0.717, 1.165) is 21.3 Å². The number of nitrogens with one attached hydrogen (secondary N) is 2. The standard InChI is InChI=1S/C31H34BrN5O6/c1-3-42-24(38)17-16-23(30(41)43-4-2)34-28(39)21-13-10-19(11-14-21)12-15-22-25-27(35-31(33)36-29(25)40)37(26(22)32)18-20-8-6-5-7-9-20/h5-11,13-14,23H,3-4,12,15-18H2,1-2H3,(H,34,39)(H3,33,35,36,40)/t23-/m0/s1. The summed E-state index contributed by atoms with van der Waals surface area (Å²) in [5, 5.41) is 3.14. The van der Waals surface area contributed by atoms with E-state index in [1.165, 1.54) is 0 Å². The van der Waals surface area contributed by atoms with Crippen molar-refractivity contribution in [2.24, 2.45) is 0 Å². The highest BCUT2D eigenvalue weighted by molar-refractivity contribution is 9.10. The fourth-order valence-corrected chi connectivity index (χ4v) is 5.45. The Kier molecular flexibility index (Phi) is 10.7. The summed E-state index contributed by atoms with van der Waals surface area (Å²) in [6, 6.07) is 15.9. The highest BCUT2D eigenvalue weighted by Gasteiger charge is 2.24. The van der Waals surface area contributed by atoms with E-state index in [1.54, 1.807) is 26.0 Å². The second-order valence-electron chi connectivity index (χ2n) is 9.81. The number of amides is 1. The number of H-pyrrole nitrogens is 1. The molecule has 0 fully saturated rings. The number of esters is 2. The number of carbonyl (C=O) groups is 3. The lowest BCUT2D eigenvalue weighted by atomic mass is 10.0. The Balaban J connectivity index is 1.48. The van der Waals surface area contributed by atoms with Crippen LogP contribution in [0.15, 0.2) is 64.0 Å². The molecular formula is C31H34BrN5O6. The van der Waals surface area contributed by atoms with Gasteiger partial charge in [0.2, 0.25) is 5.95 Å². The Morgan fingerprint density at radius 1 is 1.00 bits per heavy atom. The molecule has 4 rings (SSSR count).